The highest BCUT2D eigenvalue weighted by Gasteiger charge is 2.03. The van der Waals surface area contributed by atoms with E-state index in [1.807, 2.05) is 0 Å². The Balaban J connectivity index is 3.92. The fraction of sp³-hybridized carbons (Fsp3) is 0.333. The van der Waals surface area contributed by atoms with Gasteiger partial charge in [-0.2, -0.15) is 0 Å². The second-order valence-electron chi connectivity index (χ2n) is 1.65. The fourth-order valence-corrected chi connectivity index (χ4v) is 0.274. The molecule has 0 aliphatic rings. The number of carbonyl (C=O) groups is 1. The second-order valence-corrected chi connectivity index (χ2v) is 2.74. The van der Waals surface area contributed by atoms with E-state index in [9.17, 15) is 4.79 Å². The van der Waals surface area contributed by atoms with E-state index < -0.39 is 10.8 Å². The van der Waals surface area contributed by atoms with E-state index >= 15 is 0 Å². The predicted molar refractivity (Wildman–Crippen MR) is 44.9 cm³/mol. The van der Waals surface area contributed by atoms with Crippen LogP contribution in [0.15, 0.2) is 17.8 Å². The molecule has 0 aromatic heterocycles. The van der Waals surface area contributed by atoms with Crippen LogP contribution in [-0.2, 0) is 9.63 Å². The van der Waals surface area contributed by atoms with Crippen LogP contribution in [0.1, 0.15) is 6.92 Å². The summed E-state index contributed by atoms with van der Waals surface area (Å²) < 4.78 is 0. The first-order valence-corrected chi connectivity index (χ1v) is 3.61. The molecule has 0 amide bonds. The molecule has 0 radical (unpaired) electrons. The van der Waals surface area contributed by atoms with E-state index in [0.29, 0.717) is 5.71 Å². The average molecular weight is 196 g/mol. The molecule has 0 fully saturated rings. The third-order valence-corrected chi connectivity index (χ3v) is 1.39. The summed E-state index contributed by atoms with van der Waals surface area (Å²) in [5.41, 5.74) is 0.323. The van der Waals surface area contributed by atoms with E-state index in [1.165, 1.54) is 0 Å². The van der Waals surface area contributed by atoms with Gasteiger partial charge in [0.2, 0.25) is 0 Å². The van der Waals surface area contributed by atoms with Gasteiger partial charge in [-0.25, -0.2) is 4.79 Å². The highest BCUT2D eigenvalue weighted by molar-refractivity contribution is 6.54. The molecule has 0 saturated carbocycles. The number of halogens is 2. The molecule has 62 valence electrons. The van der Waals surface area contributed by atoms with Crippen molar-refractivity contribution in [2.45, 2.75) is 11.8 Å². The minimum absolute atomic E-state index is 0.323. The monoisotopic (exact) mass is 195 g/mol. The van der Waals surface area contributed by atoms with Gasteiger partial charge in [0.15, 0.2) is 0 Å². The molecule has 0 rings (SSSR count). The van der Waals surface area contributed by atoms with Gasteiger partial charge < -0.3 is 4.84 Å². The Bertz CT molecular complexity index is 189. The summed E-state index contributed by atoms with van der Waals surface area (Å²) in [5.74, 6) is -0.640. The molecule has 0 heterocycles. The van der Waals surface area contributed by atoms with Crippen molar-refractivity contribution in [3.05, 3.63) is 12.7 Å². The molecule has 0 bridgehead atoms. The molecule has 5 heteroatoms. The molecule has 0 aromatic carbocycles. The van der Waals surface area contributed by atoms with Crippen molar-refractivity contribution in [1.29, 1.82) is 0 Å². The zero-order valence-electron chi connectivity index (χ0n) is 5.88. The number of rotatable bonds is 3. The highest BCUT2D eigenvalue weighted by Crippen LogP contribution is 2.04. The topological polar surface area (TPSA) is 38.7 Å². The van der Waals surface area contributed by atoms with E-state index in [4.69, 9.17) is 23.2 Å². The summed E-state index contributed by atoms with van der Waals surface area (Å²) in [4.78, 5) is 13.9. The molecular formula is C6H7Cl2NO2. The van der Waals surface area contributed by atoms with Gasteiger partial charge in [-0.15, -0.1) is 0 Å². The Labute approximate surface area is 74.6 Å². The van der Waals surface area contributed by atoms with E-state index in [-0.39, 0.29) is 0 Å². The van der Waals surface area contributed by atoms with Gasteiger partial charge in [-0.1, -0.05) is 34.9 Å². The molecule has 0 unspecified atom stereocenters. The Hall–Kier alpha value is -0.540. The van der Waals surface area contributed by atoms with Gasteiger partial charge in [0.05, 0.1) is 5.71 Å². The summed E-state index contributed by atoms with van der Waals surface area (Å²) in [7, 11) is 0. The van der Waals surface area contributed by atoms with Gasteiger partial charge in [0, 0.05) is 6.08 Å². The first-order valence-electron chi connectivity index (χ1n) is 2.74. The maximum absolute atomic E-state index is 10.4. The minimum Gasteiger partial charge on any atom is -0.313 e. The van der Waals surface area contributed by atoms with Crippen LogP contribution in [0.4, 0.5) is 0 Å². The Morgan fingerprint density at radius 2 is 2.27 bits per heavy atom. The first kappa shape index (κ1) is 10.5. The van der Waals surface area contributed by atoms with Gasteiger partial charge in [-0.05, 0) is 6.92 Å². The Morgan fingerprint density at radius 1 is 1.73 bits per heavy atom. The van der Waals surface area contributed by atoms with Crippen molar-refractivity contribution < 1.29 is 9.63 Å². The third kappa shape index (κ3) is 4.81. The highest BCUT2D eigenvalue weighted by atomic mass is 35.5. The number of alkyl halides is 2. The lowest BCUT2D eigenvalue weighted by Gasteiger charge is -1.97. The average Bonchev–Trinajstić information content (AvgIpc) is 1.99. The number of hydrogen-bond donors (Lipinski definition) is 0. The zero-order chi connectivity index (χ0) is 8.85. The molecule has 3 nitrogen and oxygen atoms in total. The van der Waals surface area contributed by atoms with E-state index in [0.717, 1.165) is 6.08 Å². The maximum atomic E-state index is 10.4. The smallest absolute Gasteiger partial charge is 0.313 e. The third-order valence-electron chi connectivity index (χ3n) is 0.762. The molecular weight excluding hydrogens is 189 g/mol. The van der Waals surface area contributed by atoms with Crippen LogP contribution < -0.4 is 0 Å². The SMILES string of the molecule is C=CC(=O)O/N=C(\C)C(Cl)Cl. The molecule has 0 aliphatic carbocycles. The summed E-state index contributed by atoms with van der Waals surface area (Å²) in [6.07, 6.45) is 0.994. The lowest BCUT2D eigenvalue weighted by Crippen LogP contribution is -2.05. The lowest BCUT2D eigenvalue weighted by atomic mass is 10.5. The van der Waals surface area contributed by atoms with Crippen LogP contribution in [0.3, 0.4) is 0 Å². The molecule has 0 saturated heterocycles. The van der Waals surface area contributed by atoms with Crippen molar-refractivity contribution in [3.63, 3.8) is 0 Å². The quantitative estimate of drug-likeness (QED) is 0.227. The van der Waals surface area contributed by atoms with Gasteiger partial charge >= 0.3 is 5.97 Å². The standard InChI is InChI=1S/C6H7Cl2NO2/c1-3-5(10)11-9-4(2)6(7)8/h3,6H,1H2,2H3/b9-4+. The zero-order valence-corrected chi connectivity index (χ0v) is 7.39. The van der Waals surface area contributed by atoms with Crippen molar-refractivity contribution >= 4 is 34.9 Å². The molecule has 11 heavy (non-hydrogen) atoms. The fourth-order valence-electron chi connectivity index (χ4n) is 0.194. The van der Waals surface area contributed by atoms with Crippen molar-refractivity contribution in [1.82, 2.24) is 0 Å². The summed E-state index contributed by atoms with van der Waals surface area (Å²) >= 11 is 10.7. The van der Waals surface area contributed by atoms with Crippen molar-refractivity contribution in [2.24, 2.45) is 5.16 Å². The van der Waals surface area contributed by atoms with Crippen LogP contribution in [0.5, 0.6) is 0 Å². The maximum Gasteiger partial charge on any atom is 0.357 e. The molecule has 0 aliphatic heterocycles. The lowest BCUT2D eigenvalue weighted by molar-refractivity contribution is -0.137. The molecule has 0 N–H and O–H groups in total. The van der Waals surface area contributed by atoms with Crippen LogP contribution >= 0.6 is 23.2 Å². The predicted octanol–water partition coefficient (Wildman–Crippen LogP) is 1.90. The first-order chi connectivity index (χ1) is 5.07. The van der Waals surface area contributed by atoms with Crippen LogP contribution in [0.2, 0.25) is 0 Å². The number of hydrogen-bond acceptors (Lipinski definition) is 3. The van der Waals surface area contributed by atoms with Crippen LogP contribution in [-0.4, -0.2) is 16.5 Å². The van der Waals surface area contributed by atoms with Gasteiger partial charge in [-0.3, -0.25) is 0 Å². The second kappa shape index (κ2) is 5.16. The molecule has 0 atom stereocenters. The number of carbonyl (C=O) groups excluding carboxylic acids is 1. The molecule has 0 spiro atoms. The number of nitrogens with zero attached hydrogens (tertiary/aromatic N) is 1. The van der Waals surface area contributed by atoms with Gasteiger partial charge in [0.1, 0.15) is 4.84 Å². The van der Waals surface area contributed by atoms with Crippen molar-refractivity contribution in [2.75, 3.05) is 0 Å². The van der Waals surface area contributed by atoms with Gasteiger partial charge in [0.25, 0.3) is 0 Å². The summed E-state index contributed by atoms with van der Waals surface area (Å²) in [5, 5.41) is 3.33. The summed E-state index contributed by atoms with van der Waals surface area (Å²) in [6.45, 7) is 4.72. The van der Waals surface area contributed by atoms with E-state index in [1.54, 1.807) is 6.92 Å². The summed E-state index contributed by atoms with van der Waals surface area (Å²) in [6, 6.07) is 0. The number of oxime groups is 1. The van der Waals surface area contributed by atoms with Crippen molar-refractivity contribution in [3.8, 4) is 0 Å². The minimum atomic E-state index is -0.757. The van der Waals surface area contributed by atoms with E-state index in [2.05, 4.69) is 16.6 Å². The largest absolute Gasteiger partial charge is 0.357 e. The van der Waals surface area contributed by atoms with Crippen LogP contribution in [0.25, 0.3) is 0 Å². The normalized spacial score (nSPS) is 11.5. The molecule has 0 aromatic rings. The Morgan fingerprint density at radius 3 is 2.64 bits per heavy atom. The Kier molecular flexibility index (Phi) is 4.90. The van der Waals surface area contributed by atoms with Crippen LogP contribution in [0, 0.1) is 0 Å².